The Morgan fingerprint density at radius 2 is 1.89 bits per heavy atom. The molecule has 0 aliphatic carbocycles. The van der Waals surface area contributed by atoms with E-state index in [0.29, 0.717) is 11.4 Å². The summed E-state index contributed by atoms with van der Waals surface area (Å²) in [5, 5.41) is 0. The molecular formula is C5H7N4. The van der Waals surface area contributed by atoms with Gasteiger partial charge in [-0.2, -0.15) is 0 Å². The highest BCUT2D eigenvalue weighted by molar-refractivity contribution is 5.60. The van der Waals surface area contributed by atoms with Gasteiger partial charge in [-0.25, -0.2) is 0 Å². The fraction of sp³-hybridized carbons (Fsp3) is 0. The number of aromatic nitrogens is 1. The Bertz CT molecular complexity index is 165. The quantitative estimate of drug-likeness (QED) is 0.498. The summed E-state index contributed by atoms with van der Waals surface area (Å²) in [6.07, 6.45) is 3.13. The van der Waals surface area contributed by atoms with Crippen molar-refractivity contribution in [1.29, 1.82) is 0 Å². The van der Waals surface area contributed by atoms with Crippen LogP contribution in [0.15, 0.2) is 18.5 Å². The summed E-state index contributed by atoms with van der Waals surface area (Å²) < 4.78 is 0. The van der Waals surface area contributed by atoms with Gasteiger partial charge in [-0.3, -0.25) is 4.98 Å². The number of hydrogen-bond acceptors (Lipinski definition) is 3. The average Bonchev–Trinajstić information content (AvgIpc) is 1.77. The van der Waals surface area contributed by atoms with Crippen molar-refractivity contribution in [2.24, 2.45) is 0 Å². The van der Waals surface area contributed by atoms with Crippen LogP contribution in [0.1, 0.15) is 0 Å². The van der Waals surface area contributed by atoms with Crippen LogP contribution in [0.2, 0.25) is 0 Å². The van der Waals surface area contributed by atoms with Gasteiger partial charge >= 0.3 is 0 Å². The number of pyridine rings is 1. The number of nitrogens with two attached hydrogens (primary N) is 2. The van der Waals surface area contributed by atoms with Crippen molar-refractivity contribution in [3.05, 3.63) is 18.5 Å². The van der Waals surface area contributed by atoms with Crippen LogP contribution in [0.25, 0.3) is 0 Å². The molecular weight excluding hydrogens is 116 g/mol. The number of anilines is 2. The Kier molecular flexibility index (Phi) is 2.47. The molecule has 9 heavy (non-hydrogen) atoms. The van der Waals surface area contributed by atoms with Gasteiger partial charge in [0.15, 0.2) is 0 Å². The van der Waals surface area contributed by atoms with Crippen LogP contribution in [-0.2, 0) is 0 Å². The predicted octanol–water partition coefficient (Wildman–Crippen LogP) is -0.235. The molecule has 0 aliphatic rings. The molecule has 3 radical (unpaired) electrons. The van der Waals surface area contributed by atoms with E-state index in [-0.39, 0.29) is 6.15 Å². The van der Waals surface area contributed by atoms with Gasteiger partial charge in [0.2, 0.25) is 0 Å². The van der Waals surface area contributed by atoms with Crippen LogP contribution in [0, 0.1) is 0 Å². The van der Waals surface area contributed by atoms with Crippen LogP contribution < -0.4 is 17.6 Å². The maximum absolute atomic E-state index is 5.35. The molecule has 1 rings (SSSR count). The van der Waals surface area contributed by atoms with Gasteiger partial charge in [-0.05, 0) is 6.07 Å². The summed E-state index contributed by atoms with van der Waals surface area (Å²) in [5.74, 6) is 0. The second kappa shape index (κ2) is 2.88. The van der Waals surface area contributed by atoms with Gasteiger partial charge in [0, 0.05) is 12.3 Å². The minimum Gasteiger partial charge on any atom is -0.397 e. The molecule has 0 atom stereocenters. The molecule has 1 aromatic heterocycles. The number of rotatable bonds is 0. The van der Waals surface area contributed by atoms with E-state index >= 15 is 0 Å². The van der Waals surface area contributed by atoms with Crippen molar-refractivity contribution in [1.82, 2.24) is 11.1 Å². The maximum atomic E-state index is 5.35. The Balaban J connectivity index is 0.000000640. The molecule has 4 N–H and O–H groups in total. The first-order chi connectivity index (χ1) is 3.80. The SMILES string of the molecule is Nc1ccncc1N.[N]. The normalized spacial score (nSPS) is 8.00. The lowest BCUT2D eigenvalue weighted by atomic mass is 10.4. The third kappa shape index (κ3) is 1.58. The maximum Gasteiger partial charge on any atom is 0.0734 e. The minimum atomic E-state index is 0. The van der Waals surface area contributed by atoms with Crippen molar-refractivity contribution in [3.8, 4) is 0 Å². The van der Waals surface area contributed by atoms with Crippen molar-refractivity contribution in [2.75, 3.05) is 11.5 Å². The minimum absolute atomic E-state index is 0. The number of nitrogens with zero attached hydrogens (tertiary/aromatic N) is 2. The van der Waals surface area contributed by atoms with E-state index in [2.05, 4.69) is 4.98 Å². The van der Waals surface area contributed by atoms with Gasteiger partial charge in [-0.15, -0.1) is 0 Å². The average molecular weight is 123 g/mol. The molecule has 0 aromatic carbocycles. The molecule has 0 spiro atoms. The third-order valence-electron chi connectivity index (χ3n) is 0.887. The number of nitrogen functional groups attached to an aromatic ring is 2. The van der Waals surface area contributed by atoms with E-state index in [4.69, 9.17) is 11.5 Å². The van der Waals surface area contributed by atoms with Gasteiger partial charge < -0.3 is 11.5 Å². The largest absolute Gasteiger partial charge is 0.397 e. The highest BCUT2D eigenvalue weighted by atomic mass is 14.7. The monoisotopic (exact) mass is 123 g/mol. The van der Waals surface area contributed by atoms with E-state index < -0.39 is 0 Å². The van der Waals surface area contributed by atoms with Crippen molar-refractivity contribution < 1.29 is 0 Å². The topological polar surface area (TPSA) is 95.4 Å². The van der Waals surface area contributed by atoms with Crippen LogP contribution >= 0.6 is 0 Å². The number of hydrogen-bond donors (Lipinski definition) is 2. The molecule has 0 aliphatic heterocycles. The lowest BCUT2D eigenvalue weighted by Gasteiger charge is -1.93. The Hall–Kier alpha value is -1.29. The summed E-state index contributed by atoms with van der Waals surface area (Å²) in [6, 6.07) is 1.66. The van der Waals surface area contributed by atoms with Crippen LogP contribution in [0.4, 0.5) is 11.4 Å². The summed E-state index contributed by atoms with van der Waals surface area (Å²) in [4.78, 5) is 3.74. The van der Waals surface area contributed by atoms with Crippen molar-refractivity contribution in [3.63, 3.8) is 0 Å². The van der Waals surface area contributed by atoms with Gasteiger partial charge in [0.1, 0.15) is 0 Å². The van der Waals surface area contributed by atoms with E-state index in [1.165, 1.54) is 6.20 Å². The summed E-state index contributed by atoms with van der Waals surface area (Å²) in [5.41, 5.74) is 11.8. The predicted molar refractivity (Wildman–Crippen MR) is 35.2 cm³/mol. The molecule has 0 saturated carbocycles. The molecule has 1 aromatic rings. The van der Waals surface area contributed by atoms with E-state index in [9.17, 15) is 0 Å². The molecule has 0 amide bonds. The van der Waals surface area contributed by atoms with E-state index in [0.717, 1.165) is 0 Å². The zero-order valence-corrected chi connectivity index (χ0v) is 4.78. The molecule has 4 heteroatoms. The molecule has 47 valence electrons. The first-order valence-electron chi connectivity index (χ1n) is 2.25. The van der Waals surface area contributed by atoms with Crippen LogP contribution in [0.5, 0.6) is 0 Å². The van der Waals surface area contributed by atoms with Crippen LogP contribution in [-0.4, -0.2) is 4.98 Å². The summed E-state index contributed by atoms with van der Waals surface area (Å²) in [7, 11) is 0. The standard InChI is InChI=1S/C5H7N3.N/c6-4-1-2-8-3-5(4)7;/h1-3H,7H2,(H2,6,8);. The first-order valence-corrected chi connectivity index (χ1v) is 2.25. The molecule has 0 saturated heterocycles. The van der Waals surface area contributed by atoms with Gasteiger partial charge in [-0.1, -0.05) is 0 Å². The second-order valence-electron chi connectivity index (χ2n) is 1.50. The smallest absolute Gasteiger partial charge is 0.0734 e. The zero-order valence-electron chi connectivity index (χ0n) is 4.78. The fourth-order valence-corrected chi connectivity index (χ4v) is 0.417. The Labute approximate surface area is 53.5 Å². The molecule has 0 unspecified atom stereocenters. The summed E-state index contributed by atoms with van der Waals surface area (Å²) >= 11 is 0. The van der Waals surface area contributed by atoms with E-state index in [1.807, 2.05) is 0 Å². The van der Waals surface area contributed by atoms with Crippen molar-refractivity contribution in [2.45, 2.75) is 0 Å². The zero-order chi connectivity index (χ0) is 5.98. The van der Waals surface area contributed by atoms with Crippen LogP contribution in [0.3, 0.4) is 0 Å². The van der Waals surface area contributed by atoms with E-state index in [1.54, 1.807) is 12.3 Å². The fourth-order valence-electron chi connectivity index (χ4n) is 0.417. The van der Waals surface area contributed by atoms with Crippen molar-refractivity contribution >= 4 is 11.4 Å². The molecule has 0 fully saturated rings. The highest BCUT2D eigenvalue weighted by Gasteiger charge is 1.86. The molecule has 0 bridgehead atoms. The highest BCUT2D eigenvalue weighted by Crippen LogP contribution is 2.08. The first kappa shape index (κ1) is 7.71. The molecule has 1 heterocycles. The Morgan fingerprint density at radius 3 is 2.22 bits per heavy atom. The lowest BCUT2D eigenvalue weighted by molar-refractivity contribution is 1.34. The van der Waals surface area contributed by atoms with Gasteiger partial charge in [0.05, 0.1) is 17.6 Å². The van der Waals surface area contributed by atoms with Gasteiger partial charge in [0.25, 0.3) is 0 Å². The Morgan fingerprint density at radius 1 is 1.22 bits per heavy atom. The molecule has 4 nitrogen and oxygen atoms in total. The second-order valence-corrected chi connectivity index (χ2v) is 1.50. The lowest BCUT2D eigenvalue weighted by Crippen LogP contribution is -1.93. The third-order valence-corrected chi connectivity index (χ3v) is 0.887. The summed E-state index contributed by atoms with van der Waals surface area (Å²) in [6.45, 7) is 0.